The van der Waals surface area contributed by atoms with Crippen molar-refractivity contribution < 1.29 is 14.1 Å². The maximum absolute atomic E-state index is 12.5. The third-order valence-corrected chi connectivity index (χ3v) is 4.85. The Morgan fingerprint density at radius 3 is 2.58 bits per heavy atom. The molecule has 8 heteroatoms. The number of hydrogen-bond donors (Lipinski definition) is 2. The molecule has 0 fully saturated rings. The van der Waals surface area contributed by atoms with Crippen molar-refractivity contribution in [2.45, 2.75) is 26.8 Å². The van der Waals surface area contributed by atoms with E-state index in [4.69, 9.17) is 4.52 Å². The van der Waals surface area contributed by atoms with Gasteiger partial charge in [0, 0.05) is 11.6 Å². The number of nitrogens with zero attached hydrogens (tertiary/aromatic N) is 2. The summed E-state index contributed by atoms with van der Waals surface area (Å²) in [7, 11) is 0. The fourth-order valence-electron chi connectivity index (χ4n) is 2.30. The molecular formula is C18H18N4O3S. The zero-order valence-corrected chi connectivity index (χ0v) is 15.4. The van der Waals surface area contributed by atoms with E-state index in [1.807, 2.05) is 30.3 Å². The lowest BCUT2D eigenvalue weighted by Gasteiger charge is -2.12. The number of anilines is 1. The first-order valence-corrected chi connectivity index (χ1v) is 8.83. The van der Waals surface area contributed by atoms with Gasteiger partial charge in [0.05, 0.1) is 5.69 Å². The summed E-state index contributed by atoms with van der Waals surface area (Å²) in [6.07, 6.45) is 0. The molecule has 0 aliphatic heterocycles. The zero-order chi connectivity index (χ0) is 18.7. The zero-order valence-electron chi connectivity index (χ0n) is 14.6. The number of aromatic nitrogens is 2. The maximum Gasteiger partial charge on any atom is 0.263 e. The van der Waals surface area contributed by atoms with Gasteiger partial charge in [0.25, 0.3) is 5.91 Å². The minimum Gasteiger partial charge on any atom is -0.360 e. The summed E-state index contributed by atoms with van der Waals surface area (Å²) >= 11 is 1.30. The maximum atomic E-state index is 12.5. The minimum atomic E-state index is -0.735. The summed E-state index contributed by atoms with van der Waals surface area (Å²) in [6, 6.07) is 10.5. The molecule has 3 rings (SSSR count). The van der Waals surface area contributed by atoms with Crippen LogP contribution in [-0.2, 0) is 4.79 Å². The molecule has 0 bridgehead atoms. The van der Waals surface area contributed by atoms with Crippen LogP contribution in [0.2, 0.25) is 0 Å². The number of hydrogen-bond acceptors (Lipinski definition) is 6. The first kappa shape index (κ1) is 17.8. The number of carbonyl (C=O) groups excluding carboxylic acids is 2. The van der Waals surface area contributed by atoms with Crippen molar-refractivity contribution in [3.05, 3.63) is 52.7 Å². The van der Waals surface area contributed by atoms with Crippen molar-refractivity contribution in [3.63, 3.8) is 0 Å². The second-order valence-corrected chi connectivity index (χ2v) is 6.81. The molecule has 7 nitrogen and oxygen atoms in total. The monoisotopic (exact) mass is 370 g/mol. The molecule has 2 amide bonds. The summed E-state index contributed by atoms with van der Waals surface area (Å²) < 4.78 is 4.90. The molecule has 0 spiro atoms. The molecule has 1 aromatic carbocycles. The first-order valence-electron chi connectivity index (χ1n) is 8.02. The molecule has 2 aromatic heterocycles. The lowest BCUT2D eigenvalue weighted by molar-refractivity contribution is -0.117. The lowest BCUT2D eigenvalue weighted by Crippen LogP contribution is -2.41. The van der Waals surface area contributed by atoms with Crippen LogP contribution in [0.4, 0.5) is 5.82 Å². The average Bonchev–Trinajstić information content (AvgIpc) is 3.21. The van der Waals surface area contributed by atoms with E-state index in [2.05, 4.69) is 20.8 Å². The Labute approximate surface area is 154 Å². The van der Waals surface area contributed by atoms with Crippen LogP contribution in [0.5, 0.6) is 0 Å². The normalized spacial score (nSPS) is 11.8. The molecule has 2 N–H and O–H groups in total. The highest BCUT2D eigenvalue weighted by Crippen LogP contribution is 2.27. The Balaban J connectivity index is 1.67. The Morgan fingerprint density at radius 1 is 1.19 bits per heavy atom. The molecule has 0 saturated heterocycles. The largest absolute Gasteiger partial charge is 0.360 e. The van der Waals surface area contributed by atoms with Crippen LogP contribution < -0.4 is 10.6 Å². The molecule has 0 aliphatic rings. The summed E-state index contributed by atoms with van der Waals surface area (Å²) in [4.78, 5) is 29.7. The highest BCUT2D eigenvalue weighted by atomic mass is 32.1. The van der Waals surface area contributed by atoms with Gasteiger partial charge in [-0.3, -0.25) is 9.59 Å². The van der Waals surface area contributed by atoms with E-state index >= 15 is 0 Å². The lowest BCUT2D eigenvalue weighted by atomic mass is 10.2. The number of rotatable bonds is 5. The van der Waals surface area contributed by atoms with E-state index in [1.54, 1.807) is 26.8 Å². The van der Waals surface area contributed by atoms with Crippen LogP contribution >= 0.6 is 11.3 Å². The van der Waals surface area contributed by atoms with Gasteiger partial charge in [-0.25, -0.2) is 4.98 Å². The molecule has 3 aromatic rings. The molecular weight excluding hydrogens is 352 g/mol. The van der Waals surface area contributed by atoms with Crippen molar-refractivity contribution in [1.29, 1.82) is 0 Å². The highest BCUT2D eigenvalue weighted by Gasteiger charge is 2.21. The minimum absolute atomic E-state index is 0.314. The second kappa shape index (κ2) is 7.49. The van der Waals surface area contributed by atoms with Gasteiger partial charge in [-0.1, -0.05) is 35.5 Å². The number of carbonyl (C=O) groups is 2. The van der Waals surface area contributed by atoms with Gasteiger partial charge in [0.15, 0.2) is 5.82 Å². The van der Waals surface area contributed by atoms with Gasteiger partial charge in [0.1, 0.15) is 21.7 Å². The Morgan fingerprint density at radius 2 is 1.92 bits per heavy atom. The third-order valence-electron chi connectivity index (χ3n) is 3.64. The number of amides is 2. The molecule has 2 heterocycles. The van der Waals surface area contributed by atoms with Gasteiger partial charge in [-0.2, -0.15) is 0 Å². The van der Waals surface area contributed by atoms with E-state index in [0.717, 1.165) is 10.6 Å². The molecule has 0 unspecified atom stereocenters. The summed E-state index contributed by atoms with van der Waals surface area (Å²) in [5.74, 6) is 0.193. The fraction of sp³-hybridized carbons (Fsp3) is 0.222. The number of nitrogens with one attached hydrogen (secondary N) is 2. The van der Waals surface area contributed by atoms with Gasteiger partial charge in [-0.15, -0.1) is 11.3 Å². The van der Waals surface area contributed by atoms with E-state index in [1.165, 1.54) is 11.3 Å². The van der Waals surface area contributed by atoms with Crippen LogP contribution in [0.25, 0.3) is 10.6 Å². The standard InChI is InChI=1S/C18H18N4O3S/c1-10-9-14(22-25-10)21-16(23)12(3)19-17(24)15-11(2)20-18(26-15)13-7-5-4-6-8-13/h4-9,12H,1-3H3,(H,19,24)(H,21,22,23)/t12-/m0/s1. The van der Waals surface area contributed by atoms with Crippen LogP contribution in [0.15, 0.2) is 40.9 Å². The van der Waals surface area contributed by atoms with Gasteiger partial charge >= 0.3 is 0 Å². The smallest absolute Gasteiger partial charge is 0.263 e. The highest BCUT2D eigenvalue weighted by molar-refractivity contribution is 7.17. The topological polar surface area (TPSA) is 97.1 Å². The van der Waals surface area contributed by atoms with Gasteiger partial charge < -0.3 is 15.2 Å². The van der Waals surface area contributed by atoms with Crippen molar-refractivity contribution in [1.82, 2.24) is 15.5 Å². The molecule has 0 aliphatic carbocycles. The van der Waals surface area contributed by atoms with Crippen molar-refractivity contribution in [3.8, 4) is 10.6 Å². The van der Waals surface area contributed by atoms with E-state index < -0.39 is 6.04 Å². The van der Waals surface area contributed by atoms with Crippen LogP contribution in [0, 0.1) is 13.8 Å². The fourth-order valence-corrected chi connectivity index (χ4v) is 3.27. The van der Waals surface area contributed by atoms with E-state index in [-0.39, 0.29) is 11.8 Å². The van der Waals surface area contributed by atoms with Crippen molar-refractivity contribution in [2.75, 3.05) is 5.32 Å². The molecule has 134 valence electrons. The molecule has 1 atom stereocenters. The summed E-state index contributed by atoms with van der Waals surface area (Å²) in [5, 5.41) is 9.75. The number of benzene rings is 1. The van der Waals surface area contributed by atoms with E-state index in [0.29, 0.717) is 22.1 Å². The van der Waals surface area contributed by atoms with Crippen LogP contribution in [-0.4, -0.2) is 28.0 Å². The van der Waals surface area contributed by atoms with Crippen molar-refractivity contribution in [2.24, 2.45) is 0 Å². The van der Waals surface area contributed by atoms with Gasteiger partial charge in [0.2, 0.25) is 5.91 Å². The van der Waals surface area contributed by atoms with Crippen LogP contribution in [0.3, 0.4) is 0 Å². The molecule has 0 saturated carbocycles. The third kappa shape index (κ3) is 3.97. The summed E-state index contributed by atoms with van der Waals surface area (Å²) in [6.45, 7) is 5.11. The quantitative estimate of drug-likeness (QED) is 0.719. The van der Waals surface area contributed by atoms with Crippen molar-refractivity contribution >= 4 is 29.0 Å². The van der Waals surface area contributed by atoms with Gasteiger partial charge in [-0.05, 0) is 20.8 Å². The Kier molecular flexibility index (Phi) is 5.13. The second-order valence-electron chi connectivity index (χ2n) is 5.81. The Bertz CT molecular complexity index is 933. The predicted molar refractivity (Wildman–Crippen MR) is 99.1 cm³/mol. The first-order chi connectivity index (χ1) is 12.4. The summed E-state index contributed by atoms with van der Waals surface area (Å²) in [5.41, 5.74) is 1.58. The predicted octanol–water partition coefficient (Wildman–Crippen LogP) is 3.17. The van der Waals surface area contributed by atoms with E-state index in [9.17, 15) is 9.59 Å². The SMILES string of the molecule is Cc1cc(NC(=O)[C@H](C)NC(=O)c2sc(-c3ccccc3)nc2C)no1. The number of thiazole rings is 1. The number of aryl methyl sites for hydroxylation is 2. The molecule has 26 heavy (non-hydrogen) atoms. The Hall–Kier alpha value is -3.00. The molecule has 0 radical (unpaired) electrons. The van der Waals surface area contributed by atoms with Crippen LogP contribution in [0.1, 0.15) is 28.0 Å². The average molecular weight is 370 g/mol.